The Morgan fingerprint density at radius 3 is 2.48 bits per heavy atom. The van der Waals surface area contributed by atoms with Crippen LogP contribution in [0.25, 0.3) is 0 Å². The van der Waals surface area contributed by atoms with Crippen LogP contribution in [0.1, 0.15) is 46.1 Å². The summed E-state index contributed by atoms with van der Waals surface area (Å²) in [5.41, 5.74) is 0.459. The van der Waals surface area contributed by atoms with E-state index in [9.17, 15) is 5.26 Å². The van der Waals surface area contributed by atoms with Crippen molar-refractivity contribution in [3.05, 3.63) is 17.8 Å². The molecule has 25 heavy (non-hydrogen) atoms. The predicted octanol–water partition coefficient (Wildman–Crippen LogP) is 2.09. The van der Waals surface area contributed by atoms with Gasteiger partial charge in [0.15, 0.2) is 0 Å². The van der Waals surface area contributed by atoms with Crippen molar-refractivity contribution in [1.82, 2.24) is 4.98 Å². The third-order valence-electron chi connectivity index (χ3n) is 5.45. The Labute approximate surface area is 150 Å². The van der Waals surface area contributed by atoms with Crippen molar-refractivity contribution in [1.29, 1.82) is 5.26 Å². The largest absolute Gasteiger partial charge is 0.496 e. The lowest BCUT2D eigenvalue weighted by Gasteiger charge is -2.32. The van der Waals surface area contributed by atoms with E-state index in [0.29, 0.717) is 17.3 Å². The molecular formula is C18H26BN3O3. The highest BCUT2D eigenvalue weighted by Crippen LogP contribution is 2.36. The number of anilines is 1. The van der Waals surface area contributed by atoms with Gasteiger partial charge in [-0.25, -0.2) is 4.98 Å². The molecule has 0 aliphatic carbocycles. The standard InChI is InChI=1S/C18H26BN3O3/c1-17(2)18(3,4)25-19(24-17)15-9-14(10-20)16(22-12-15)21-11-13-5-7-23-8-6-13/h9,12-13H,5-8,11H2,1-4H3,(H,21,22). The van der Waals surface area contributed by atoms with E-state index in [4.69, 9.17) is 14.0 Å². The molecule has 1 N–H and O–H groups in total. The smallest absolute Gasteiger partial charge is 0.399 e. The SMILES string of the molecule is CC1(C)OB(c2cnc(NCC3CCOCC3)c(C#N)c2)OC1(C)C. The fraction of sp³-hybridized carbons (Fsp3) is 0.667. The Balaban J connectivity index is 1.71. The van der Waals surface area contributed by atoms with Crippen molar-refractivity contribution in [3.8, 4) is 6.07 Å². The third kappa shape index (κ3) is 3.81. The first-order valence-corrected chi connectivity index (χ1v) is 8.90. The molecule has 1 aromatic rings. The summed E-state index contributed by atoms with van der Waals surface area (Å²) in [6.45, 7) is 10.5. The lowest BCUT2D eigenvalue weighted by molar-refractivity contribution is 0.00578. The molecule has 2 fully saturated rings. The summed E-state index contributed by atoms with van der Waals surface area (Å²) in [5, 5.41) is 12.8. The minimum Gasteiger partial charge on any atom is -0.399 e. The molecule has 2 saturated heterocycles. The first-order valence-electron chi connectivity index (χ1n) is 8.90. The van der Waals surface area contributed by atoms with Crippen molar-refractivity contribution < 1.29 is 14.0 Å². The van der Waals surface area contributed by atoms with E-state index in [1.54, 1.807) is 6.20 Å². The molecule has 0 spiro atoms. The van der Waals surface area contributed by atoms with Crippen LogP contribution in [0.5, 0.6) is 0 Å². The fourth-order valence-corrected chi connectivity index (χ4v) is 3.01. The van der Waals surface area contributed by atoms with E-state index in [2.05, 4.69) is 16.4 Å². The van der Waals surface area contributed by atoms with Gasteiger partial charge in [0.2, 0.25) is 0 Å². The maximum atomic E-state index is 9.50. The van der Waals surface area contributed by atoms with Crippen LogP contribution in [-0.2, 0) is 14.0 Å². The summed E-state index contributed by atoms with van der Waals surface area (Å²) in [4.78, 5) is 4.45. The average Bonchev–Trinajstić information content (AvgIpc) is 2.81. The van der Waals surface area contributed by atoms with Crippen LogP contribution in [0, 0.1) is 17.2 Å². The summed E-state index contributed by atoms with van der Waals surface area (Å²) >= 11 is 0. The molecule has 3 rings (SSSR count). The van der Waals surface area contributed by atoms with Crippen LogP contribution in [0.4, 0.5) is 5.82 Å². The Bertz CT molecular complexity index is 650. The van der Waals surface area contributed by atoms with Crippen LogP contribution in [0.2, 0.25) is 0 Å². The highest BCUT2D eigenvalue weighted by atomic mass is 16.7. The van der Waals surface area contributed by atoms with Crippen molar-refractivity contribution in [3.63, 3.8) is 0 Å². The zero-order valence-electron chi connectivity index (χ0n) is 15.5. The molecule has 0 unspecified atom stereocenters. The molecule has 0 radical (unpaired) electrons. The number of hydrogen-bond donors (Lipinski definition) is 1. The lowest BCUT2D eigenvalue weighted by atomic mass is 9.79. The molecule has 2 aliphatic rings. The van der Waals surface area contributed by atoms with Gasteiger partial charge in [-0.05, 0) is 52.5 Å². The molecule has 0 aromatic carbocycles. The number of pyridine rings is 1. The minimum atomic E-state index is -0.505. The molecule has 1 aromatic heterocycles. The molecule has 134 valence electrons. The highest BCUT2D eigenvalue weighted by molar-refractivity contribution is 6.62. The average molecular weight is 343 g/mol. The van der Waals surface area contributed by atoms with E-state index < -0.39 is 18.3 Å². The van der Waals surface area contributed by atoms with Crippen LogP contribution in [-0.4, -0.2) is 43.1 Å². The van der Waals surface area contributed by atoms with Gasteiger partial charge in [0.05, 0.1) is 16.8 Å². The zero-order chi connectivity index (χ0) is 18.1. The maximum Gasteiger partial charge on any atom is 0.496 e. The van der Waals surface area contributed by atoms with Crippen LogP contribution >= 0.6 is 0 Å². The maximum absolute atomic E-state index is 9.50. The zero-order valence-corrected chi connectivity index (χ0v) is 15.5. The Hall–Kier alpha value is -1.62. The monoisotopic (exact) mass is 343 g/mol. The van der Waals surface area contributed by atoms with Gasteiger partial charge in [0.1, 0.15) is 11.9 Å². The van der Waals surface area contributed by atoms with Gasteiger partial charge in [0, 0.05) is 31.4 Å². The number of nitrogens with zero attached hydrogens (tertiary/aromatic N) is 2. The molecule has 6 nitrogen and oxygen atoms in total. The summed E-state index contributed by atoms with van der Waals surface area (Å²) in [6.07, 6.45) is 3.82. The Morgan fingerprint density at radius 2 is 1.88 bits per heavy atom. The number of aromatic nitrogens is 1. The van der Waals surface area contributed by atoms with E-state index in [-0.39, 0.29) is 0 Å². The summed E-state index contributed by atoms with van der Waals surface area (Å²) in [5.74, 6) is 1.18. The van der Waals surface area contributed by atoms with Gasteiger partial charge in [0.25, 0.3) is 0 Å². The third-order valence-corrected chi connectivity index (χ3v) is 5.45. The quantitative estimate of drug-likeness (QED) is 0.844. The number of hydrogen-bond acceptors (Lipinski definition) is 6. The first kappa shape index (κ1) is 18.2. The minimum absolute atomic E-state index is 0.412. The first-order chi connectivity index (χ1) is 11.8. The summed E-state index contributed by atoms with van der Waals surface area (Å²) in [6, 6.07) is 4.03. The van der Waals surface area contributed by atoms with Gasteiger partial charge < -0.3 is 19.4 Å². The summed E-state index contributed by atoms with van der Waals surface area (Å²) < 4.78 is 17.5. The normalized spacial score (nSPS) is 22.6. The molecule has 0 bridgehead atoms. The van der Waals surface area contributed by atoms with Crippen LogP contribution < -0.4 is 10.8 Å². The highest BCUT2D eigenvalue weighted by Gasteiger charge is 2.51. The van der Waals surface area contributed by atoms with Crippen molar-refractivity contribution in [2.45, 2.75) is 51.7 Å². The fourth-order valence-electron chi connectivity index (χ4n) is 3.01. The Morgan fingerprint density at radius 1 is 1.24 bits per heavy atom. The van der Waals surface area contributed by atoms with Gasteiger partial charge in [-0.15, -0.1) is 0 Å². The van der Waals surface area contributed by atoms with Crippen molar-refractivity contribution in [2.75, 3.05) is 25.1 Å². The molecule has 0 atom stereocenters. The topological polar surface area (TPSA) is 76.4 Å². The van der Waals surface area contributed by atoms with Crippen LogP contribution in [0.15, 0.2) is 12.3 Å². The van der Waals surface area contributed by atoms with Gasteiger partial charge >= 0.3 is 7.12 Å². The Kier molecular flexibility index (Phi) is 5.05. The van der Waals surface area contributed by atoms with E-state index in [1.165, 1.54) is 0 Å². The molecule has 2 aliphatic heterocycles. The van der Waals surface area contributed by atoms with Gasteiger partial charge in [-0.1, -0.05) is 0 Å². The molecule has 7 heteroatoms. The number of ether oxygens (including phenoxy) is 1. The second-order valence-electron chi connectivity index (χ2n) is 7.80. The van der Waals surface area contributed by atoms with Crippen LogP contribution in [0.3, 0.4) is 0 Å². The van der Waals surface area contributed by atoms with E-state index in [1.807, 2.05) is 33.8 Å². The van der Waals surface area contributed by atoms with Gasteiger partial charge in [-0.3, -0.25) is 0 Å². The molecule has 0 saturated carbocycles. The number of nitrogens with one attached hydrogen (secondary N) is 1. The van der Waals surface area contributed by atoms with Crippen molar-refractivity contribution >= 4 is 18.4 Å². The second kappa shape index (κ2) is 6.95. The van der Waals surface area contributed by atoms with E-state index >= 15 is 0 Å². The lowest BCUT2D eigenvalue weighted by Crippen LogP contribution is -2.41. The molecule has 0 amide bonds. The number of nitriles is 1. The van der Waals surface area contributed by atoms with Crippen molar-refractivity contribution in [2.24, 2.45) is 5.92 Å². The second-order valence-corrected chi connectivity index (χ2v) is 7.80. The molecular weight excluding hydrogens is 317 g/mol. The molecule has 3 heterocycles. The number of rotatable bonds is 4. The predicted molar refractivity (Wildman–Crippen MR) is 96.7 cm³/mol. The van der Waals surface area contributed by atoms with E-state index in [0.717, 1.165) is 38.1 Å². The van der Waals surface area contributed by atoms with Gasteiger partial charge in [-0.2, -0.15) is 5.26 Å². The summed E-state index contributed by atoms with van der Waals surface area (Å²) in [7, 11) is -0.505.